The highest BCUT2D eigenvalue weighted by atomic mass is 35.5. The highest BCUT2D eigenvalue weighted by molar-refractivity contribution is 8.31. The number of H-pyrrole nitrogens is 1. The molecule has 0 saturated heterocycles. The molecule has 0 aliphatic carbocycles. The minimum Gasteiger partial charge on any atom is -0.354 e. The number of aromatic amines is 1. The van der Waals surface area contributed by atoms with E-state index < -0.39 is 0 Å². The van der Waals surface area contributed by atoms with Crippen LogP contribution in [0.15, 0.2) is 78.0 Å². The van der Waals surface area contributed by atoms with Crippen LogP contribution >= 0.6 is 11.6 Å². The Bertz CT molecular complexity index is 1290. The number of hydrogen-bond acceptors (Lipinski definition) is 2. The molecule has 0 spiro atoms. The van der Waals surface area contributed by atoms with E-state index in [4.69, 9.17) is 11.6 Å². The van der Waals surface area contributed by atoms with Crippen molar-refractivity contribution in [3.05, 3.63) is 83.6 Å². The fourth-order valence-electron chi connectivity index (χ4n) is 3.98. The number of pyridine rings is 1. The van der Waals surface area contributed by atoms with Crippen molar-refractivity contribution in [3.8, 4) is 33.6 Å². The number of fused-ring (bicyclic) bond motifs is 1. The van der Waals surface area contributed by atoms with E-state index in [2.05, 4.69) is 40.3 Å². The zero-order chi connectivity index (χ0) is 20.5. The standard InChI is InChI=1S/C24H19ClN2OS2/c25-20-5-1-3-19(14-20)24-21(16-8-10-26-11-9-16)15-22(27-24)17-6-7-23-18(13-17)4-2-12-30(23)29-28/h1,3,5-11,13-15,27H,2,4,12H2. The Balaban J connectivity index is 1.66. The first-order chi connectivity index (χ1) is 14.7. The third kappa shape index (κ3) is 3.69. The van der Waals surface area contributed by atoms with Gasteiger partial charge in [0.2, 0.25) is 0 Å². The van der Waals surface area contributed by atoms with Crippen LogP contribution in [0.4, 0.5) is 0 Å². The normalized spacial score (nSPS) is 15.6. The third-order valence-electron chi connectivity index (χ3n) is 5.40. The van der Waals surface area contributed by atoms with E-state index in [1.165, 1.54) is 10.5 Å². The van der Waals surface area contributed by atoms with Crippen molar-refractivity contribution >= 4 is 31.3 Å². The van der Waals surface area contributed by atoms with Gasteiger partial charge in [0.1, 0.15) is 10.2 Å². The van der Waals surface area contributed by atoms with E-state index in [9.17, 15) is 4.21 Å². The van der Waals surface area contributed by atoms with Gasteiger partial charge in [-0.05, 0) is 72.0 Å². The number of nitrogens with zero attached hydrogens (tertiary/aromatic N) is 1. The van der Waals surface area contributed by atoms with Crippen LogP contribution in [-0.2, 0) is 26.1 Å². The quantitative estimate of drug-likeness (QED) is 0.409. The predicted octanol–water partition coefficient (Wildman–Crippen LogP) is 6.12. The number of hydrogen-bond donors (Lipinski definition) is 1. The molecule has 0 bridgehead atoms. The van der Waals surface area contributed by atoms with E-state index in [0.29, 0.717) is 5.02 Å². The number of halogens is 1. The zero-order valence-electron chi connectivity index (χ0n) is 16.1. The molecule has 1 atom stereocenters. The highest BCUT2D eigenvalue weighted by Crippen LogP contribution is 2.37. The van der Waals surface area contributed by atoms with Crippen LogP contribution in [-0.4, -0.2) is 19.9 Å². The van der Waals surface area contributed by atoms with Gasteiger partial charge in [-0.15, -0.1) is 0 Å². The molecule has 6 heteroatoms. The molecule has 0 amide bonds. The summed E-state index contributed by atoms with van der Waals surface area (Å²) in [5.41, 5.74) is 7.79. The molecule has 3 heterocycles. The molecule has 0 saturated carbocycles. The average Bonchev–Trinajstić information content (AvgIpc) is 3.24. The lowest BCUT2D eigenvalue weighted by Gasteiger charge is -2.17. The molecule has 1 aliphatic heterocycles. The second-order valence-corrected chi connectivity index (χ2v) is 11.0. The number of benzene rings is 2. The number of aromatic nitrogens is 2. The van der Waals surface area contributed by atoms with Gasteiger partial charge in [0.25, 0.3) is 0 Å². The smallest absolute Gasteiger partial charge is 0.125 e. The van der Waals surface area contributed by atoms with Crippen molar-refractivity contribution in [2.75, 3.05) is 5.75 Å². The monoisotopic (exact) mass is 450 g/mol. The van der Waals surface area contributed by atoms with Crippen molar-refractivity contribution in [2.45, 2.75) is 17.7 Å². The van der Waals surface area contributed by atoms with Crippen LogP contribution in [0.3, 0.4) is 0 Å². The first kappa shape index (κ1) is 19.5. The van der Waals surface area contributed by atoms with Gasteiger partial charge in [-0.1, -0.05) is 39.3 Å². The lowest BCUT2D eigenvalue weighted by molar-refractivity contribution is 0.701. The SMILES string of the molecule is O=S=S1CCCc2cc(-c3cc(-c4ccncc4)c(-c4cccc(Cl)c4)[nH]3)ccc21. The fraction of sp³-hybridized carbons (Fsp3) is 0.125. The van der Waals surface area contributed by atoms with Gasteiger partial charge in [-0.25, -0.2) is 4.21 Å². The first-order valence-electron chi connectivity index (χ1n) is 9.77. The predicted molar refractivity (Wildman–Crippen MR) is 127 cm³/mol. The Morgan fingerprint density at radius 2 is 1.83 bits per heavy atom. The van der Waals surface area contributed by atoms with Crippen molar-refractivity contribution in [1.29, 1.82) is 0 Å². The lowest BCUT2D eigenvalue weighted by Crippen LogP contribution is -2.09. The molecular weight excluding hydrogens is 432 g/mol. The van der Waals surface area contributed by atoms with E-state index in [1.807, 2.05) is 42.7 Å². The summed E-state index contributed by atoms with van der Waals surface area (Å²) in [6.45, 7) is 0. The first-order valence-corrected chi connectivity index (χ1v) is 12.8. The summed E-state index contributed by atoms with van der Waals surface area (Å²) in [4.78, 5) is 9.01. The second kappa shape index (κ2) is 8.34. The maximum atomic E-state index is 11.5. The van der Waals surface area contributed by atoms with E-state index in [-0.39, 0.29) is 9.45 Å². The maximum absolute atomic E-state index is 11.5. The van der Waals surface area contributed by atoms with Gasteiger partial charge in [0, 0.05) is 44.9 Å². The molecule has 2 aromatic carbocycles. The van der Waals surface area contributed by atoms with Gasteiger partial charge in [0.05, 0.1) is 5.69 Å². The van der Waals surface area contributed by atoms with Gasteiger partial charge in [-0.2, -0.15) is 0 Å². The van der Waals surface area contributed by atoms with Gasteiger partial charge in [-0.3, -0.25) is 4.98 Å². The van der Waals surface area contributed by atoms with Crippen molar-refractivity contribution in [3.63, 3.8) is 0 Å². The summed E-state index contributed by atoms with van der Waals surface area (Å²) in [6.07, 6.45) is 5.73. The number of aryl methyl sites for hydroxylation is 1. The lowest BCUT2D eigenvalue weighted by atomic mass is 10.0. The summed E-state index contributed by atoms with van der Waals surface area (Å²) in [5, 5.41) is 0.709. The van der Waals surface area contributed by atoms with Crippen molar-refractivity contribution in [2.24, 2.45) is 0 Å². The molecule has 0 radical (unpaired) electrons. The molecule has 150 valence electrons. The van der Waals surface area contributed by atoms with Crippen LogP contribution in [0.25, 0.3) is 33.6 Å². The molecule has 3 nitrogen and oxygen atoms in total. The Morgan fingerprint density at radius 3 is 2.63 bits per heavy atom. The molecule has 4 aromatic rings. The Kier molecular flexibility index (Phi) is 5.42. The Morgan fingerprint density at radius 1 is 0.967 bits per heavy atom. The molecule has 2 aromatic heterocycles. The third-order valence-corrected chi connectivity index (χ3v) is 8.88. The average molecular weight is 451 g/mol. The molecule has 0 fully saturated rings. The summed E-state index contributed by atoms with van der Waals surface area (Å²) >= 11 is 6.27. The largest absolute Gasteiger partial charge is 0.354 e. The van der Waals surface area contributed by atoms with E-state index in [1.54, 1.807) is 0 Å². The van der Waals surface area contributed by atoms with E-state index in [0.717, 1.165) is 62.5 Å². The highest BCUT2D eigenvalue weighted by Gasteiger charge is 2.17. The summed E-state index contributed by atoms with van der Waals surface area (Å²) in [5.74, 6) is 0.994. The van der Waals surface area contributed by atoms with Crippen molar-refractivity contribution in [1.82, 2.24) is 9.97 Å². The summed E-state index contributed by atoms with van der Waals surface area (Å²) in [6, 6.07) is 20.6. The van der Waals surface area contributed by atoms with Gasteiger partial charge in [0.15, 0.2) is 0 Å². The fourth-order valence-corrected chi connectivity index (χ4v) is 6.88. The minimum absolute atomic E-state index is 0.223. The summed E-state index contributed by atoms with van der Waals surface area (Å²) < 4.78 is 11.5. The van der Waals surface area contributed by atoms with Crippen LogP contribution in [0, 0.1) is 0 Å². The van der Waals surface area contributed by atoms with Gasteiger partial charge >= 0.3 is 0 Å². The number of rotatable bonds is 3. The molecule has 1 unspecified atom stereocenters. The van der Waals surface area contributed by atoms with Gasteiger partial charge < -0.3 is 4.98 Å². The molecular formula is C24H19ClN2OS2. The Hall–Kier alpha value is -2.47. The van der Waals surface area contributed by atoms with E-state index >= 15 is 0 Å². The van der Waals surface area contributed by atoms with Crippen LogP contribution in [0.1, 0.15) is 12.0 Å². The number of nitrogens with one attached hydrogen (secondary N) is 1. The molecule has 5 rings (SSSR count). The van der Waals surface area contributed by atoms with Crippen LogP contribution < -0.4 is 0 Å². The maximum Gasteiger partial charge on any atom is 0.125 e. The second-order valence-electron chi connectivity index (χ2n) is 7.26. The Labute approximate surface area is 185 Å². The van der Waals surface area contributed by atoms with Crippen LogP contribution in [0.2, 0.25) is 5.02 Å². The summed E-state index contributed by atoms with van der Waals surface area (Å²) in [7, 11) is 0.521. The van der Waals surface area contributed by atoms with Crippen molar-refractivity contribution < 1.29 is 4.21 Å². The zero-order valence-corrected chi connectivity index (χ0v) is 18.5. The molecule has 1 N–H and O–H groups in total. The van der Waals surface area contributed by atoms with Crippen LogP contribution in [0.5, 0.6) is 0 Å². The molecule has 30 heavy (non-hydrogen) atoms. The molecule has 1 aliphatic rings. The topological polar surface area (TPSA) is 45.8 Å². The minimum atomic E-state index is -0.223.